The fourth-order valence-corrected chi connectivity index (χ4v) is 4.89. The Bertz CT molecular complexity index is 1350. The highest BCUT2D eigenvalue weighted by Gasteiger charge is 2.41. The normalized spacial score (nSPS) is 15.5. The lowest BCUT2D eigenvalue weighted by Crippen LogP contribution is -2.58. The van der Waals surface area contributed by atoms with Crippen molar-refractivity contribution in [2.75, 3.05) is 20.6 Å². The number of hydrogen-bond acceptors (Lipinski definition) is 6. The van der Waals surface area contributed by atoms with E-state index in [1.165, 1.54) is 9.80 Å². The second-order valence-corrected chi connectivity index (χ2v) is 10.5. The molecule has 13 nitrogen and oxygen atoms in total. The van der Waals surface area contributed by atoms with E-state index < -0.39 is 41.6 Å². The maximum Gasteiger partial charge on any atom is 0.243 e. The third-order valence-corrected chi connectivity index (χ3v) is 7.18. The molecule has 13 heteroatoms. The Morgan fingerprint density at radius 1 is 1.02 bits per heavy atom. The van der Waals surface area contributed by atoms with Crippen LogP contribution < -0.4 is 28.3 Å². The van der Waals surface area contributed by atoms with Crippen molar-refractivity contribution in [1.29, 1.82) is 5.41 Å². The number of guanidine groups is 1. The van der Waals surface area contributed by atoms with Gasteiger partial charge >= 0.3 is 0 Å². The predicted molar refractivity (Wildman–Crippen MR) is 159 cm³/mol. The SMILES string of the molecule is CN(C)C(=O)[C@H](Cc1ccc(C(=N)N)cc1)C(=O)N1Cc2ccccc2CC1C(=O)N[C@@H](CCCN=C(N)N)C(N)=O. The Kier molecular flexibility index (Phi) is 10.6. The number of benzene rings is 2. The minimum atomic E-state index is -1.12. The molecule has 0 aliphatic carbocycles. The van der Waals surface area contributed by atoms with E-state index in [1.54, 1.807) is 38.4 Å². The summed E-state index contributed by atoms with van der Waals surface area (Å²) in [6, 6.07) is 12.2. The molecule has 1 unspecified atom stereocenters. The fourth-order valence-electron chi connectivity index (χ4n) is 4.89. The molecule has 1 aliphatic rings. The molecule has 224 valence electrons. The zero-order chi connectivity index (χ0) is 31.0. The summed E-state index contributed by atoms with van der Waals surface area (Å²) in [5.74, 6) is -3.49. The summed E-state index contributed by atoms with van der Waals surface area (Å²) in [5, 5.41) is 10.3. The smallest absolute Gasteiger partial charge is 0.243 e. The molecule has 3 rings (SSSR count). The lowest BCUT2D eigenvalue weighted by atomic mass is 9.89. The zero-order valence-electron chi connectivity index (χ0n) is 23.9. The van der Waals surface area contributed by atoms with Crippen LogP contribution in [0.3, 0.4) is 0 Å². The first-order valence-corrected chi connectivity index (χ1v) is 13.6. The van der Waals surface area contributed by atoms with Gasteiger partial charge in [-0.1, -0.05) is 48.5 Å². The molecule has 2 aromatic carbocycles. The summed E-state index contributed by atoms with van der Waals surface area (Å²) in [6.45, 7) is 0.366. The molecule has 10 N–H and O–H groups in total. The molecule has 1 aliphatic heterocycles. The van der Waals surface area contributed by atoms with E-state index in [9.17, 15) is 19.2 Å². The number of rotatable bonds is 12. The van der Waals surface area contributed by atoms with Crippen LogP contribution in [0.1, 0.15) is 35.1 Å². The average molecular weight is 578 g/mol. The van der Waals surface area contributed by atoms with Gasteiger partial charge in [0.05, 0.1) is 0 Å². The van der Waals surface area contributed by atoms with Crippen LogP contribution in [0, 0.1) is 11.3 Å². The first-order chi connectivity index (χ1) is 19.9. The van der Waals surface area contributed by atoms with E-state index in [2.05, 4.69) is 10.3 Å². The second kappa shape index (κ2) is 14.1. The predicted octanol–water partition coefficient (Wildman–Crippen LogP) is -0.805. The van der Waals surface area contributed by atoms with Gasteiger partial charge in [0.15, 0.2) is 5.96 Å². The Labute approximate surface area is 244 Å². The summed E-state index contributed by atoms with van der Waals surface area (Å²) in [7, 11) is 3.13. The number of carbonyl (C=O) groups excluding carboxylic acids is 4. The van der Waals surface area contributed by atoms with Gasteiger partial charge in [0.2, 0.25) is 23.6 Å². The largest absolute Gasteiger partial charge is 0.384 e. The van der Waals surface area contributed by atoms with Crippen molar-refractivity contribution in [2.24, 2.45) is 33.8 Å². The van der Waals surface area contributed by atoms with Crippen molar-refractivity contribution in [3.8, 4) is 0 Å². The number of nitrogen functional groups attached to an aromatic ring is 1. The van der Waals surface area contributed by atoms with Crippen LogP contribution in [-0.4, -0.2) is 77.9 Å². The van der Waals surface area contributed by atoms with Crippen molar-refractivity contribution < 1.29 is 19.2 Å². The van der Waals surface area contributed by atoms with Crippen molar-refractivity contribution in [1.82, 2.24) is 15.1 Å². The fraction of sp³-hybridized carbons (Fsp3) is 0.379. The Balaban J connectivity index is 1.91. The number of nitrogens with zero attached hydrogens (tertiary/aromatic N) is 3. The van der Waals surface area contributed by atoms with Crippen LogP contribution in [0.5, 0.6) is 0 Å². The van der Waals surface area contributed by atoms with E-state index in [0.717, 1.165) is 11.1 Å². The Hall–Kier alpha value is -4.94. The maximum absolute atomic E-state index is 14.2. The summed E-state index contributed by atoms with van der Waals surface area (Å²) in [6.07, 6.45) is 0.871. The molecule has 3 atom stereocenters. The molecular formula is C29H39N9O4. The van der Waals surface area contributed by atoms with Gasteiger partial charge in [-0.25, -0.2) is 0 Å². The lowest BCUT2D eigenvalue weighted by Gasteiger charge is -2.38. The molecule has 0 aromatic heterocycles. The van der Waals surface area contributed by atoms with Crippen molar-refractivity contribution in [3.63, 3.8) is 0 Å². The van der Waals surface area contributed by atoms with Gasteiger partial charge in [-0.3, -0.25) is 29.6 Å². The number of aliphatic imine (C=N–C) groups is 1. The molecule has 0 saturated carbocycles. The highest BCUT2D eigenvalue weighted by atomic mass is 16.2. The molecule has 0 bridgehead atoms. The van der Waals surface area contributed by atoms with Gasteiger partial charge in [0.25, 0.3) is 0 Å². The summed E-state index contributed by atoms with van der Waals surface area (Å²) in [4.78, 5) is 59.9. The number of primary amides is 1. The number of amides is 4. The van der Waals surface area contributed by atoms with E-state index >= 15 is 0 Å². The monoisotopic (exact) mass is 577 g/mol. The van der Waals surface area contributed by atoms with Crippen LogP contribution in [0.15, 0.2) is 53.5 Å². The highest BCUT2D eigenvalue weighted by Crippen LogP contribution is 2.27. The number of hydrogen-bond donors (Lipinski definition) is 6. The molecule has 0 radical (unpaired) electrons. The van der Waals surface area contributed by atoms with Crippen molar-refractivity contribution in [2.45, 2.75) is 44.3 Å². The quantitative estimate of drug-likeness (QED) is 0.0813. The Morgan fingerprint density at radius 3 is 2.24 bits per heavy atom. The number of nitrogens with two attached hydrogens (primary N) is 4. The van der Waals surface area contributed by atoms with E-state index in [-0.39, 0.29) is 44.1 Å². The molecule has 1 heterocycles. The average Bonchev–Trinajstić information content (AvgIpc) is 2.95. The molecule has 4 amide bonds. The number of carbonyl (C=O) groups is 4. The maximum atomic E-state index is 14.2. The van der Waals surface area contributed by atoms with Gasteiger partial charge < -0.3 is 38.1 Å². The van der Waals surface area contributed by atoms with Crippen LogP contribution in [0.25, 0.3) is 0 Å². The second-order valence-electron chi connectivity index (χ2n) is 10.5. The summed E-state index contributed by atoms with van der Waals surface area (Å²) >= 11 is 0. The van der Waals surface area contributed by atoms with Gasteiger partial charge in [0, 0.05) is 39.2 Å². The minimum Gasteiger partial charge on any atom is -0.384 e. The molecule has 0 saturated heterocycles. The first kappa shape index (κ1) is 31.6. The highest BCUT2D eigenvalue weighted by molar-refractivity contribution is 6.02. The van der Waals surface area contributed by atoms with Crippen LogP contribution in [-0.2, 0) is 38.6 Å². The van der Waals surface area contributed by atoms with Gasteiger partial charge in [-0.15, -0.1) is 0 Å². The lowest BCUT2D eigenvalue weighted by molar-refractivity contribution is -0.151. The zero-order valence-corrected chi connectivity index (χ0v) is 23.9. The third-order valence-electron chi connectivity index (χ3n) is 7.18. The van der Waals surface area contributed by atoms with Crippen LogP contribution >= 0.6 is 0 Å². The van der Waals surface area contributed by atoms with E-state index in [1.807, 2.05) is 24.3 Å². The Morgan fingerprint density at radius 2 is 1.67 bits per heavy atom. The molecule has 2 aromatic rings. The molecule has 0 fully saturated rings. The number of nitrogens with one attached hydrogen (secondary N) is 2. The number of fused-ring (bicyclic) bond motifs is 1. The minimum absolute atomic E-state index is 0.0786. The summed E-state index contributed by atoms with van der Waals surface area (Å²) < 4.78 is 0. The molecule has 42 heavy (non-hydrogen) atoms. The van der Waals surface area contributed by atoms with E-state index in [4.69, 9.17) is 28.3 Å². The first-order valence-electron chi connectivity index (χ1n) is 13.6. The van der Waals surface area contributed by atoms with Crippen LogP contribution in [0.2, 0.25) is 0 Å². The van der Waals surface area contributed by atoms with Gasteiger partial charge in [-0.05, 0) is 36.0 Å². The standard InChI is InChI=1S/C29H39N9O4/c1-37(2)27(41)21(14-17-9-11-18(12-10-17)24(30)31)28(42)38-16-20-7-4-3-6-19(20)15-23(38)26(40)36-22(25(32)39)8-5-13-35-29(33)34/h3-4,6-7,9-12,21-23H,5,8,13-16H2,1-2H3,(H3,30,31)(H2,32,39)(H,36,40)(H4,33,34,35)/t21-,22-,23?/m0/s1. The van der Waals surface area contributed by atoms with Crippen molar-refractivity contribution in [3.05, 3.63) is 70.8 Å². The van der Waals surface area contributed by atoms with Crippen LogP contribution in [0.4, 0.5) is 0 Å². The number of amidine groups is 1. The third kappa shape index (κ3) is 8.05. The molecule has 0 spiro atoms. The topological polar surface area (TPSA) is 227 Å². The van der Waals surface area contributed by atoms with Gasteiger partial charge in [-0.2, -0.15) is 0 Å². The van der Waals surface area contributed by atoms with Crippen molar-refractivity contribution >= 4 is 35.4 Å². The van der Waals surface area contributed by atoms with E-state index in [0.29, 0.717) is 17.5 Å². The summed E-state index contributed by atoms with van der Waals surface area (Å²) in [5.41, 5.74) is 24.8. The van der Waals surface area contributed by atoms with Gasteiger partial charge in [0.1, 0.15) is 23.8 Å². The molecular weight excluding hydrogens is 538 g/mol.